The molecule has 3 rings (SSSR count). The van der Waals surface area contributed by atoms with E-state index >= 15 is 0 Å². The lowest BCUT2D eigenvalue weighted by Gasteiger charge is -2.30. The van der Waals surface area contributed by atoms with Crippen LogP contribution in [-0.2, 0) is 24.3 Å². The Labute approximate surface area is 140 Å². The van der Waals surface area contributed by atoms with Crippen LogP contribution in [0.3, 0.4) is 0 Å². The van der Waals surface area contributed by atoms with Gasteiger partial charge in [0.25, 0.3) is 5.91 Å². The molecule has 0 fully saturated rings. The Morgan fingerprint density at radius 2 is 1.88 bits per heavy atom. The molecule has 5 heteroatoms. The fraction of sp³-hybridized carbons (Fsp3) is 0.263. The second-order valence-corrected chi connectivity index (χ2v) is 5.82. The average molecular weight is 325 g/mol. The molecule has 0 atom stereocenters. The fourth-order valence-electron chi connectivity index (χ4n) is 3.16. The van der Waals surface area contributed by atoms with Gasteiger partial charge in [-0.25, -0.2) is 4.79 Å². The number of rotatable bonds is 4. The molecule has 0 spiro atoms. The highest BCUT2D eigenvalue weighted by atomic mass is 16.5. The number of benzene rings is 2. The van der Waals surface area contributed by atoms with Crippen molar-refractivity contribution in [2.75, 3.05) is 13.7 Å². The molecule has 0 bridgehead atoms. The van der Waals surface area contributed by atoms with Gasteiger partial charge in [0, 0.05) is 25.8 Å². The van der Waals surface area contributed by atoms with Crippen molar-refractivity contribution >= 4 is 11.9 Å². The Morgan fingerprint density at radius 3 is 2.62 bits per heavy atom. The molecule has 0 saturated heterocycles. The smallest absolute Gasteiger partial charge is 0.335 e. The van der Waals surface area contributed by atoms with Gasteiger partial charge >= 0.3 is 5.97 Å². The summed E-state index contributed by atoms with van der Waals surface area (Å²) >= 11 is 0. The van der Waals surface area contributed by atoms with Crippen molar-refractivity contribution in [2.24, 2.45) is 0 Å². The highest BCUT2D eigenvalue weighted by Gasteiger charge is 2.25. The number of methoxy groups -OCH3 is 1. The summed E-state index contributed by atoms with van der Waals surface area (Å²) in [6, 6.07) is 12.7. The second kappa shape index (κ2) is 6.84. The minimum absolute atomic E-state index is 0.0472. The Kier molecular flexibility index (Phi) is 4.62. The number of carbonyl (C=O) groups excluding carboxylic acids is 1. The monoisotopic (exact) mass is 325 g/mol. The molecule has 1 aliphatic heterocycles. The van der Waals surface area contributed by atoms with Crippen molar-refractivity contribution in [3.8, 4) is 0 Å². The lowest BCUT2D eigenvalue weighted by molar-refractivity contribution is 0.0694. The highest BCUT2D eigenvalue weighted by molar-refractivity contribution is 5.96. The van der Waals surface area contributed by atoms with E-state index in [1.165, 1.54) is 0 Å². The summed E-state index contributed by atoms with van der Waals surface area (Å²) in [4.78, 5) is 26.0. The van der Waals surface area contributed by atoms with Gasteiger partial charge in [0.15, 0.2) is 0 Å². The lowest BCUT2D eigenvalue weighted by atomic mass is 9.94. The molecular weight excluding hydrogens is 306 g/mol. The van der Waals surface area contributed by atoms with Crippen molar-refractivity contribution in [1.29, 1.82) is 0 Å². The van der Waals surface area contributed by atoms with Gasteiger partial charge in [-0.3, -0.25) is 4.79 Å². The number of hydrogen-bond acceptors (Lipinski definition) is 3. The molecule has 0 aromatic heterocycles. The number of carboxylic acids is 1. The standard InChI is InChI=1S/C19H19NO4/c1-24-12-14-5-2-3-7-16(14)18(21)20-10-9-15-13(11-20)6-4-8-17(15)19(22)23/h2-8H,9-12H2,1H3,(H,22,23). The summed E-state index contributed by atoms with van der Waals surface area (Å²) in [5.41, 5.74) is 3.56. The van der Waals surface area contributed by atoms with E-state index in [0.29, 0.717) is 37.2 Å². The van der Waals surface area contributed by atoms with E-state index in [1.54, 1.807) is 30.2 Å². The van der Waals surface area contributed by atoms with Crippen LogP contribution in [0.1, 0.15) is 37.4 Å². The van der Waals surface area contributed by atoms with Crippen LogP contribution in [0.25, 0.3) is 0 Å². The molecule has 1 N–H and O–H groups in total. The Balaban J connectivity index is 1.87. The summed E-state index contributed by atoms with van der Waals surface area (Å²) in [6.07, 6.45) is 0.552. The molecule has 1 aliphatic rings. The van der Waals surface area contributed by atoms with Crippen LogP contribution in [0, 0.1) is 0 Å². The Morgan fingerprint density at radius 1 is 1.12 bits per heavy atom. The van der Waals surface area contributed by atoms with E-state index < -0.39 is 5.97 Å². The van der Waals surface area contributed by atoms with Crippen LogP contribution >= 0.6 is 0 Å². The predicted octanol–water partition coefficient (Wildman–Crippen LogP) is 2.73. The Hall–Kier alpha value is -2.66. The van der Waals surface area contributed by atoms with Gasteiger partial charge in [-0.05, 0) is 35.2 Å². The fourth-order valence-corrected chi connectivity index (χ4v) is 3.16. The molecule has 0 aliphatic carbocycles. The normalized spacial score (nSPS) is 13.5. The summed E-state index contributed by atoms with van der Waals surface area (Å²) in [5, 5.41) is 9.29. The Bertz CT molecular complexity index is 785. The first kappa shape index (κ1) is 16.2. The number of carbonyl (C=O) groups is 2. The van der Waals surface area contributed by atoms with E-state index in [9.17, 15) is 14.7 Å². The van der Waals surface area contributed by atoms with Crippen molar-refractivity contribution in [1.82, 2.24) is 4.90 Å². The first-order chi connectivity index (χ1) is 11.6. The van der Waals surface area contributed by atoms with Crippen molar-refractivity contribution in [2.45, 2.75) is 19.6 Å². The zero-order chi connectivity index (χ0) is 17.1. The van der Waals surface area contributed by atoms with Crippen molar-refractivity contribution in [3.05, 3.63) is 70.3 Å². The predicted molar refractivity (Wildman–Crippen MR) is 89.0 cm³/mol. The van der Waals surface area contributed by atoms with Gasteiger partial charge in [-0.2, -0.15) is 0 Å². The number of carboxylic acid groups (broad SMARTS) is 1. The number of aromatic carboxylic acids is 1. The molecule has 2 aromatic rings. The quantitative estimate of drug-likeness (QED) is 0.938. The van der Waals surface area contributed by atoms with Crippen molar-refractivity contribution in [3.63, 3.8) is 0 Å². The minimum Gasteiger partial charge on any atom is -0.478 e. The topological polar surface area (TPSA) is 66.8 Å². The third-order valence-corrected chi connectivity index (χ3v) is 4.33. The van der Waals surface area contributed by atoms with Gasteiger partial charge in [-0.1, -0.05) is 30.3 Å². The molecule has 1 amide bonds. The molecule has 5 nitrogen and oxygen atoms in total. The summed E-state index contributed by atoms with van der Waals surface area (Å²) in [6.45, 7) is 1.32. The van der Waals surface area contributed by atoms with Gasteiger partial charge in [0.05, 0.1) is 12.2 Å². The summed E-state index contributed by atoms with van der Waals surface area (Å²) in [5.74, 6) is -0.967. The summed E-state index contributed by atoms with van der Waals surface area (Å²) < 4.78 is 5.17. The van der Waals surface area contributed by atoms with Crippen LogP contribution in [0.5, 0.6) is 0 Å². The van der Waals surface area contributed by atoms with Crippen LogP contribution < -0.4 is 0 Å². The third-order valence-electron chi connectivity index (χ3n) is 4.33. The van der Waals surface area contributed by atoms with E-state index in [0.717, 1.165) is 16.7 Å². The van der Waals surface area contributed by atoms with Crippen LogP contribution in [0.4, 0.5) is 0 Å². The zero-order valence-electron chi connectivity index (χ0n) is 13.5. The van der Waals surface area contributed by atoms with Gasteiger partial charge in [-0.15, -0.1) is 0 Å². The number of nitrogens with zero attached hydrogens (tertiary/aromatic N) is 1. The molecule has 0 radical (unpaired) electrons. The van der Waals surface area contributed by atoms with Crippen LogP contribution in [0.15, 0.2) is 42.5 Å². The molecule has 1 heterocycles. The van der Waals surface area contributed by atoms with Gasteiger partial charge in [0.1, 0.15) is 0 Å². The molecule has 2 aromatic carbocycles. The number of hydrogen-bond donors (Lipinski definition) is 1. The molecule has 24 heavy (non-hydrogen) atoms. The largest absolute Gasteiger partial charge is 0.478 e. The SMILES string of the molecule is COCc1ccccc1C(=O)N1CCc2c(cccc2C(=O)O)C1. The van der Waals surface area contributed by atoms with Gasteiger partial charge in [0.2, 0.25) is 0 Å². The maximum absolute atomic E-state index is 12.9. The van der Waals surface area contributed by atoms with E-state index in [1.807, 2.05) is 24.3 Å². The van der Waals surface area contributed by atoms with Crippen molar-refractivity contribution < 1.29 is 19.4 Å². The first-order valence-electron chi connectivity index (χ1n) is 7.82. The maximum Gasteiger partial charge on any atom is 0.335 e. The summed E-state index contributed by atoms with van der Waals surface area (Å²) in [7, 11) is 1.60. The van der Waals surface area contributed by atoms with E-state index in [4.69, 9.17) is 4.74 Å². The number of ether oxygens (including phenoxy) is 1. The lowest BCUT2D eigenvalue weighted by Crippen LogP contribution is -2.37. The number of amides is 1. The minimum atomic E-state index is -0.919. The molecular formula is C19H19NO4. The first-order valence-corrected chi connectivity index (χ1v) is 7.82. The van der Waals surface area contributed by atoms with Gasteiger partial charge < -0.3 is 14.7 Å². The molecule has 124 valence electrons. The van der Waals surface area contributed by atoms with E-state index in [-0.39, 0.29) is 5.91 Å². The average Bonchev–Trinajstić information content (AvgIpc) is 2.60. The van der Waals surface area contributed by atoms with Crippen LogP contribution in [0.2, 0.25) is 0 Å². The zero-order valence-corrected chi connectivity index (χ0v) is 13.5. The number of fused-ring (bicyclic) bond motifs is 1. The van der Waals surface area contributed by atoms with Crippen LogP contribution in [-0.4, -0.2) is 35.5 Å². The molecule has 0 unspecified atom stereocenters. The third kappa shape index (κ3) is 3.03. The second-order valence-electron chi connectivity index (χ2n) is 5.82. The molecule has 0 saturated carbocycles. The highest BCUT2D eigenvalue weighted by Crippen LogP contribution is 2.24. The maximum atomic E-state index is 12.9. The van der Waals surface area contributed by atoms with E-state index in [2.05, 4.69) is 0 Å².